The first-order chi connectivity index (χ1) is 7.69. The van der Waals surface area contributed by atoms with Gasteiger partial charge in [0.15, 0.2) is 0 Å². The second-order valence-corrected chi connectivity index (χ2v) is 6.16. The summed E-state index contributed by atoms with van der Waals surface area (Å²) < 4.78 is 5.70. The molecule has 2 rings (SSSR count). The molecule has 0 aromatic heterocycles. The largest absolute Gasteiger partial charge is 0.381 e. The van der Waals surface area contributed by atoms with Crippen molar-refractivity contribution in [2.24, 2.45) is 17.3 Å². The van der Waals surface area contributed by atoms with Gasteiger partial charge in [-0.3, -0.25) is 0 Å². The number of rotatable bonds is 5. The van der Waals surface area contributed by atoms with Crippen molar-refractivity contribution in [3.05, 3.63) is 0 Å². The van der Waals surface area contributed by atoms with Crippen LogP contribution in [0.15, 0.2) is 0 Å². The monoisotopic (exact) mass is 225 g/mol. The van der Waals surface area contributed by atoms with Gasteiger partial charge in [0.2, 0.25) is 0 Å². The van der Waals surface area contributed by atoms with E-state index in [4.69, 9.17) is 4.74 Å². The van der Waals surface area contributed by atoms with Crippen LogP contribution >= 0.6 is 0 Å². The Bertz CT molecular complexity index is 229. The molecule has 94 valence electrons. The van der Waals surface area contributed by atoms with Crippen molar-refractivity contribution >= 4 is 0 Å². The third kappa shape index (κ3) is 2.43. The molecule has 0 aromatic carbocycles. The summed E-state index contributed by atoms with van der Waals surface area (Å²) in [4.78, 5) is 0. The van der Waals surface area contributed by atoms with Crippen LogP contribution in [0.2, 0.25) is 0 Å². The van der Waals surface area contributed by atoms with Crippen molar-refractivity contribution < 1.29 is 4.74 Å². The smallest absolute Gasteiger partial charge is 0.0630 e. The maximum atomic E-state index is 5.70. The van der Waals surface area contributed by atoms with Crippen LogP contribution in [0.4, 0.5) is 0 Å². The molecule has 2 heteroatoms. The van der Waals surface area contributed by atoms with Crippen LogP contribution in [0.25, 0.3) is 0 Å². The lowest BCUT2D eigenvalue weighted by Crippen LogP contribution is -2.32. The van der Waals surface area contributed by atoms with Crippen molar-refractivity contribution in [1.82, 2.24) is 5.32 Å². The van der Waals surface area contributed by atoms with Gasteiger partial charge in [-0.25, -0.2) is 0 Å². The minimum Gasteiger partial charge on any atom is -0.381 e. The number of methoxy groups -OCH3 is 1. The summed E-state index contributed by atoms with van der Waals surface area (Å²) in [5.41, 5.74) is 0.566. The van der Waals surface area contributed by atoms with Gasteiger partial charge in [-0.2, -0.15) is 0 Å². The van der Waals surface area contributed by atoms with Gasteiger partial charge in [0.05, 0.1) is 6.10 Å². The molecule has 3 unspecified atom stereocenters. The molecule has 16 heavy (non-hydrogen) atoms. The zero-order valence-corrected chi connectivity index (χ0v) is 11.1. The van der Waals surface area contributed by atoms with Gasteiger partial charge in [0.1, 0.15) is 0 Å². The van der Waals surface area contributed by atoms with E-state index in [9.17, 15) is 0 Å². The van der Waals surface area contributed by atoms with E-state index in [1.807, 2.05) is 7.11 Å². The summed E-state index contributed by atoms with van der Waals surface area (Å²) in [5, 5.41) is 3.61. The Morgan fingerprint density at radius 1 is 1.38 bits per heavy atom. The average Bonchev–Trinajstić information content (AvgIpc) is 2.92. The molecule has 1 N–H and O–H groups in total. The van der Waals surface area contributed by atoms with Crippen LogP contribution in [-0.2, 0) is 4.74 Å². The first-order valence-electron chi connectivity index (χ1n) is 6.92. The van der Waals surface area contributed by atoms with Crippen LogP contribution in [0.5, 0.6) is 0 Å². The van der Waals surface area contributed by atoms with Crippen LogP contribution < -0.4 is 5.32 Å². The Labute approximate surface area is 100 Å². The Hall–Kier alpha value is -0.0800. The Balaban J connectivity index is 1.78. The number of hydrogen-bond donors (Lipinski definition) is 1. The number of nitrogens with one attached hydrogen (secondary N) is 1. The lowest BCUT2D eigenvalue weighted by molar-refractivity contribution is 0.00303. The Morgan fingerprint density at radius 3 is 2.88 bits per heavy atom. The highest BCUT2D eigenvalue weighted by Crippen LogP contribution is 2.61. The zero-order valence-electron chi connectivity index (χ0n) is 11.1. The number of hydrogen-bond acceptors (Lipinski definition) is 2. The van der Waals surface area contributed by atoms with Crippen LogP contribution in [-0.4, -0.2) is 26.3 Å². The topological polar surface area (TPSA) is 21.3 Å². The highest BCUT2D eigenvalue weighted by atomic mass is 16.5. The molecule has 2 aliphatic carbocycles. The quantitative estimate of drug-likeness (QED) is 0.777. The third-order valence-electron chi connectivity index (χ3n) is 4.51. The normalized spacial score (nSPS) is 38.2. The lowest BCUT2D eigenvalue weighted by atomic mass is 9.81. The van der Waals surface area contributed by atoms with Gasteiger partial charge >= 0.3 is 0 Å². The summed E-state index contributed by atoms with van der Waals surface area (Å²) in [6, 6.07) is 0. The van der Waals surface area contributed by atoms with Crippen molar-refractivity contribution in [1.29, 1.82) is 0 Å². The Morgan fingerprint density at radius 2 is 2.19 bits per heavy atom. The maximum Gasteiger partial charge on any atom is 0.0630 e. The molecular formula is C14H27NO. The van der Waals surface area contributed by atoms with Crippen LogP contribution in [0, 0.1) is 17.3 Å². The van der Waals surface area contributed by atoms with Crippen molar-refractivity contribution in [3.63, 3.8) is 0 Å². The summed E-state index contributed by atoms with van der Waals surface area (Å²) in [6.07, 6.45) is 7.42. The predicted octanol–water partition coefficient (Wildman–Crippen LogP) is 2.83. The highest BCUT2D eigenvalue weighted by molar-refractivity contribution is 5.09. The fourth-order valence-corrected chi connectivity index (χ4v) is 3.51. The molecule has 1 spiro atoms. The fraction of sp³-hybridized carbons (Fsp3) is 1.00. The molecule has 0 bridgehead atoms. The maximum absolute atomic E-state index is 5.70. The molecule has 2 fully saturated rings. The molecule has 0 aliphatic heterocycles. The van der Waals surface area contributed by atoms with Crippen molar-refractivity contribution in [2.45, 2.75) is 52.1 Å². The molecular weight excluding hydrogens is 198 g/mol. The van der Waals surface area contributed by atoms with Gasteiger partial charge in [0.25, 0.3) is 0 Å². The molecule has 0 heterocycles. The molecule has 0 aromatic rings. The van der Waals surface area contributed by atoms with Crippen molar-refractivity contribution in [3.8, 4) is 0 Å². The van der Waals surface area contributed by atoms with E-state index in [-0.39, 0.29) is 0 Å². The molecule has 2 nitrogen and oxygen atoms in total. The predicted molar refractivity (Wildman–Crippen MR) is 67.5 cm³/mol. The Kier molecular flexibility index (Phi) is 3.91. The van der Waals surface area contributed by atoms with Gasteiger partial charge in [0, 0.05) is 12.5 Å². The van der Waals surface area contributed by atoms with E-state index >= 15 is 0 Å². The van der Waals surface area contributed by atoms with Crippen molar-refractivity contribution in [2.75, 3.05) is 20.2 Å². The molecule has 0 radical (unpaired) electrons. The second kappa shape index (κ2) is 5.05. The summed E-state index contributed by atoms with van der Waals surface area (Å²) in [7, 11) is 1.90. The summed E-state index contributed by atoms with van der Waals surface area (Å²) in [5.74, 6) is 1.65. The van der Waals surface area contributed by atoms with E-state index in [2.05, 4.69) is 19.2 Å². The fourth-order valence-electron chi connectivity index (χ4n) is 3.51. The SMILES string of the molecule is COC1CCCCC12CC2CNCC(C)C. The second-order valence-electron chi connectivity index (χ2n) is 6.16. The first kappa shape index (κ1) is 12.4. The van der Waals surface area contributed by atoms with E-state index < -0.39 is 0 Å². The molecule has 3 atom stereocenters. The van der Waals surface area contributed by atoms with E-state index in [0.29, 0.717) is 11.5 Å². The van der Waals surface area contributed by atoms with E-state index in [0.717, 1.165) is 18.4 Å². The minimum atomic E-state index is 0.548. The molecule has 0 saturated heterocycles. The first-order valence-corrected chi connectivity index (χ1v) is 6.92. The van der Waals surface area contributed by atoms with Crippen LogP contribution in [0.3, 0.4) is 0 Å². The van der Waals surface area contributed by atoms with Crippen LogP contribution in [0.1, 0.15) is 46.0 Å². The standard InChI is InChI=1S/C14H27NO/c1-11(2)9-15-10-12-8-14(12)7-5-4-6-13(14)16-3/h11-13,15H,4-10H2,1-3H3. The molecule has 2 aliphatic rings. The summed E-state index contributed by atoms with van der Waals surface area (Å²) >= 11 is 0. The van der Waals surface area contributed by atoms with Gasteiger partial charge in [-0.15, -0.1) is 0 Å². The van der Waals surface area contributed by atoms with E-state index in [1.54, 1.807) is 0 Å². The number of ether oxygens (including phenoxy) is 1. The van der Waals surface area contributed by atoms with E-state index in [1.165, 1.54) is 38.6 Å². The summed E-state index contributed by atoms with van der Waals surface area (Å²) in [6.45, 7) is 6.91. The highest BCUT2D eigenvalue weighted by Gasteiger charge is 2.58. The van der Waals surface area contributed by atoms with Gasteiger partial charge in [-0.05, 0) is 44.2 Å². The lowest BCUT2D eigenvalue weighted by Gasteiger charge is -2.32. The third-order valence-corrected chi connectivity index (χ3v) is 4.51. The molecule has 0 amide bonds. The zero-order chi connectivity index (χ0) is 11.6. The average molecular weight is 225 g/mol. The van der Waals surface area contributed by atoms with Gasteiger partial charge < -0.3 is 10.1 Å². The molecule has 2 saturated carbocycles. The minimum absolute atomic E-state index is 0.548. The van der Waals surface area contributed by atoms with Gasteiger partial charge in [-0.1, -0.05) is 26.7 Å².